The van der Waals surface area contributed by atoms with Gasteiger partial charge >= 0.3 is 17.0 Å². The Kier molecular flexibility index (Phi) is 7.27. The lowest BCUT2D eigenvalue weighted by atomic mass is 10.1. The number of hydrogen-bond donors (Lipinski definition) is 4. The quantitative estimate of drug-likeness (QED) is 0.191. The predicted octanol–water partition coefficient (Wildman–Crippen LogP) is -0.775. The zero-order valence-corrected chi connectivity index (χ0v) is 25.0. The molecule has 5 N–H and O–H groups in total. The molecule has 2 bridgehead atoms. The maximum atomic E-state index is 16.0. The van der Waals surface area contributed by atoms with E-state index < -0.39 is 72.2 Å². The molecule has 0 saturated carbocycles. The molecule has 3 aliphatic heterocycles. The van der Waals surface area contributed by atoms with Gasteiger partial charge in [0.25, 0.3) is 5.56 Å². The van der Waals surface area contributed by atoms with Gasteiger partial charge in [-0.2, -0.15) is 13.1 Å². The van der Waals surface area contributed by atoms with Crippen LogP contribution in [0.3, 0.4) is 0 Å². The largest absolute Gasteiger partial charge is 0.382 e. The van der Waals surface area contributed by atoms with Crippen LogP contribution in [0.1, 0.15) is 24.7 Å². The Morgan fingerprint density at radius 2 is 1.86 bits per heavy atom. The summed E-state index contributed by atoms with van der Waals surface area (Å²) in [5, 5.41) is 0. The fraction of sp³-hybridized carbons (Fsp3) is 0.524. The molecule has 3 saturated heterocycles. The fourth-order valence-electron chi connectivity index (χ4n) is 5.38. The Balaban J connectivity index is 1.19. The minimum Gasteiger partial charge on any atom is -0.382 e. The van der Waals surface area contributed by atoms with Crippen molar-refractivity contribution in [3.8, 4) is 0 Å². The molecule has 19 nitrogen and oxygen atoms in total. The number of nitrogens with zero attached hydrogens (tertiary/aromatic N) is 7. The normalized spacial score (nSPS) is 34.4. The third-order valence-electron chi connectivity index (χ3n) is 7.29. The molecule has 0 spiro atoms. The van der Waals surface area contributed by atoms with E-state index in [9.17, 15) is 18.1 Å². The molecule has 7 heterocycles. The molecule has 4 aromatic rings. The van der Waals surface area contributed by atoms with Crippen LogP contribution in [0.25, 0.3) is 22.3 Å². The van der Waals surface area contributed by atoms with Crippen molar-refractivity contribution in [1.82, 2.24) is 43.8 Å². The molecule has 8 atom stereocenters. The van der Waals surface area contributed by atoms with Gasteiger partial charge in [0.2, 0.25) is 0 Å². The molecule has 1 unspecified atom stereocenters. The Morgan fingerprint density at radius 1 is 1.11 bits per heavy atom. The summed E-state index contributed by atoms with van der Waals surface area (Å²) in [6, 6.07) is 0. The number of alkyl halides is 1. The van der Waals surface area contributed by atoms with E-state index in [0.29, 0.717) is 5.82 Å². The van der Waals surface area contributed by atoms with Crippen molar-refractivity contribution in [3.05, 3.63) is 35.2 Å². The number of rotatable bonds is 2. The van der Waals surface area contributed by atoms with Crippen molar-refractivity contribution in [2.24, 2.45) is 0 Å². The molecular weight excluding hydrogens is 650 g/mol. The van der Waals surface area contributed by atoms with Crippen LogP contribution in [0.5, 0.6) is 0 Å². The highest BCUT2D eigenvalue weighted by Crippen LogP contribution is 2.50. The second-order valence-electron chi connectivity index (χ2n) is 10.2. The number of nitrogens with two attached hydrogens (primary N) is 1. The van der Waals surface area contributed by atoms with E-state index >= 15 is 4.39 Å². The number of aromatic amines is 1. The average Bonchev–Trinajstić information content (AvgIpc) is 3.72. The van der Waals surface area contributed by atoms with Crippen LogP contribution in [0.2, 0.25) is 0 Å². The Hall–Kier alpha value is -3.05. The number of imidazole rings is 2. The van der Waals surface area contributed by atoms with Gasteiger partial charge in [0.1, 0.15) is 36.0 Å². The summed E-state index contributed by atoms with van der Waals surface area (Å²) < 4.78 is 75.6. The van der Waals surface area contributed by atoms with Crippen molar-refractivity contribution in [2.45, 2.75) is 56.4 Å². The molecular formula is C21H24FN10O9PS2. The van der Waals surface area contributed by atoms with Gasteiger partial charge in [0.05, 0.1) is 25.4 Å². The number of fused-ring (bicyclic) bond motifs is 5. The van der Waals surface area contributed by atoms with Crippen LogP contribution in [-0.2, 0) is 44.8 Å². The van der Waals surface area contributed by atoms with Crippen LogP contribution < -0.4 is 16.0 Å². The van der Waals surface area contributed by atoms with E-state index in [1.807, 2.05) is 0 Å². The minimum atomic E-state index is -4.53. The van der Waals surface area contributed by atoms with E-state index in [1.54, 1.807) is 6.92 Å². The molecule has 0 radical (unpaired) electrons. The second-order valence-corrected chi connectivity index (χ2v) is 14.4. The van der Waals surface area contributed by atoms with E-state index in [-0.39, 0.29) is 41.2 Å². The molecule has 23 heteroatoms. The first kappa shape index (κ1) is 29.6. The number of anilines is 1. The summed E-state index contributed by atoms with van der Waals surface area (Å²) >= 11 is 5.18. The predicted molar refractivity (Wildman–Crippen MR) is 149 cm³/mol. The van der Waals surface area contributed by atoms with Crippen molar-refractivity contribution in [3.63, 3.8) is 0 Å². The molecule has 236 valence electrons. The zero-order valence-electron chi connectivity index (χ0n) is 22.5. The highest BCUT2D eigenvalue weighted by atomic mass is 32.5. The first-order valence-corrected chi connectivity index (χ1v) is 17.0. The summed E-state index contributed by atoms with van der Waals surface area (Å²) in [6.45, 7) is -3.49. The van der Waals surface area contributed by atoms with E-state index in [4.69, 9.17) is 40.2 Å². The highest BCUT2D eigenvalue weighted by Gasteiger charge is 2.51. The van der Waals surface area contributed by atoms with Gasteiger partial charge in [-0.1, -0.05) is 0 Å². The molecule has 0 amide bonds. The summed E-state index contributed by atoms with van der Waals surface area (Å²) in [6.07, 6.45) is -5.83. The molecule has 3 fully saturated rings. The lowest BCUT2D eigenvalue weighted by molar-refractivity contribution is -0.0454. The van der Waals surface area contributed by atoms with Gasteiger partial charge < -0.3 is 29.6 Å². The minimum absolute atomic E-state index is 0.00636. The van der Waals surface area contributed by atoms with Crippen LogP contribution in [0, 0.1) is 6.92 Å². The van der Waals surface area contributed by atoms with Crippen molar-refractivity contribution in [2.75, 3.05) is 18.9 Å². The van der Waals surface area contributed by atoms with Gasteiger partial charge in [-0.25, -0.2) is 33.5 Å². The standard InChI is InChI=1S/C21H24FN10O9PS2/c1-8-29-18-14(19(33)30-8)27-7-32(18)20-10-2-9(38-20)4-37-42(34,43)40-15-11(3-28-44(35,36)41-10)39-21(12(15)22)31-6-26-13-16(23)24-5-25-17(13)31/h5-7,9-12,15,20-21,28H,2-4H2,1H3,(H,34,43)(H2,23,24,25)(H,29,30,33)/t9-,10+,11+,12+,15+,20+,21+,42?/m0/s1. The Morgan fingerprint density at radius 3 is 2.66 bits per heavy atom. The number of nitrogen functional groups attached to an aromatic ring is 1. The van der Waals surface area contributed by atoms with Gasteiger partial charge in [0, 0.05) is 13.0 Å². The molecule has 44 heavy (non-hydrogen) atoms. The van der Waals surface area contributed by atoms with Crippen LogP contribution in [0.4, 0.5) is 10.2 Å². The number of nitrogens with one attached hydrogen (secondary N) is 2. The monoisotopic (exact) mass is 674 g/mol. The first-order valence-electron chi connectivity index (χ1n) is 13.0. The first-order chi connectivity index (χ1) is 20.9. The number of H-pyrrole nitrogens is 1. The van der Waals surface area contributed by atoms with Crippen molar-refractivity contribution < 1.29 is 40.4 Å². The SMILES string of the molecule is Cc1nc2c(ncn2[C@@H]2O[C@@H]3COP(O)(=S)O[C@H]4[C@@H](F)[C@H](n5cnc6c(N)ncnc65)O[C@@H]4CNS(=O)(=O)O[C@@H]2C3)c(=O)[nH]1. The molecule has 0 aromatic carbocycles. The number of aromatic nitrogens is 8. The third-order valence-corrected chi connectivity index (χ3v) is 9.87. The van der Waals surface area contributed by atoms with Crippen molar-refractivity contribution in [1.29, 1.82) is 0 Å². The average molecular weight is 675 g/mol. The number of ether oxygens (including phenoxy) is 2. The summed E-state index contributed by atoms with van der Waals surface area (Å²) in [7, 11) is -4.53. The zero-order chi connectivity index (χ0) is 31.0. The lowest BCUT2D eigenvalue weighted by Crippen LogP contribution is -2.42. The molecule has 3 aliphatic rings. The number of hydrogen-bond acceptors (Lipinski definition) is 15. The number of aryl methyl sites for hydroxylation is 1. The van der Waals surface area contributed by atoms with Gasteiger partial charge in [-0.15, -0.1) is 0 Å². The van der Waals surface area contributed by atoms with Crippen molar-refractivity contribution >= 4 is 57.0 Å². The lowest BCUT2D eigenvalue weighted by Gasteiger charge is -2.26. The summed E-state index contributed by atoms with van der Waals surface area (Å²) in [4.78, 5) is 46.3. The fourth-order valence-corrected chi connectivity index (χ4v) is 7.78. The van der Waals surface area contributed by atoms with Gasteiger partial charge in [-0.05, 0) is 18.7 Å². The topological polar surface area (TPSA) is 246 Å². The molecule has 0 aliphatic carbocycles. The van der Waals surface area contributed by atoms with Gasteiger partial charge in [-0.3, -0.25) is 18.5 Å². The Bertz CT molecular complexity index is 1970. The maximum Gasteiger partial charge on any atom is 0.336 e. The summed E-state index contributed by atoms with van der Waals surface area (Å²) in [5.41, 5.74) is 5.84. The van der Waals surface area contributed by atoms with Crippen LogP contribution >= 0.6 is 6.72 Å². The third kappa shape index (κ3) is 5.29. The second kappa shape index (κ2) is 10.8. The molecule has 7 rings (SSSR count). The smallest absolute Gasteiger partial charge is 0.336 e. The number of halogens is 1. The highest BCUT2D eigenvalue weighted by molar-refractivity contribution is 8.07. The Labute approximate surface area is 251 Å². The van der Waals surface area contributed by atoms with E-state index in [2.05, 4.69) is 34.6 Å². The maximum absolute atomic E-state index is 16.0. The van der Waals surface area contributed by atoms with Gasteiger partial charge in [0.15, 0.2) is 41.3 Å². The van der Waals surface area contributed by atoms with E-state index in [1.165, 1.54) is 28.1 Å². The summed E-state index contributed by atoms with van der Waals surface area (Å²) in [5.74, 6) is 0.353. The van der Waals surface area contributed by atoms with Crippen LogP contribution in [-0.4, -0.2) is 96.1 Å². The molecule has 4 aromatic heterocycles. The van der Waals surface area contributed by atoms with Crippen LogP contribution in [0.15, 0.2) is 23.8 Å². The van der Waals surface area contributed by atoms with E-state index in [0.717, 1.165) is 0 Å².